The molecule has 1 heterocycles. The van der Waals surface area contributed by atoms with Crippen LogP contribution >= 0.6 is 11.6 Å². The Morgan fingerprint density at radius 2 is 1.67 bits per heavy atom. The number of rotatable bonds is 4. The van der Waals surface area contributed by atoms with Crippen LogP contribution in [0.4, 0.5) is 5.69 Å². The standard InChI is InChI=1S/C20H12ClN3O3/c21-14-10-11-16-15(12-14)19(13-6-2-1-3-7-13)23-20(22-16)27-18-9-5-4-8-17(18)24(25)26/h1-12H. The first-order valence-corrected chi connectivity index (χ1v) is 8.43. The zero-order valence-corrected chi connectivity index (χ0v) is 14.6. The number of nitrogens with zero attached hydrogens (tertiary/aromatic N) is 3. The van der Waals surface area contributed by atoms with E-state index in [1.54, 1.807) is 30.3 Å². The van der Waals surface area contributed by atoms with Gasteiger partial charge in [-0.1, -0.05) is 54.1 Å². The first-order chi connectivity index (χ1) is 13.1. The van der Waals surface area contributed by atoms with Gasteiger partial charge in [-0.2, -0.15) is 9.97 Å². The number of halogens is 1. The van der Waals surface area contributed by atoms with Crippen LogP contribution in [0, 0.1) is 10.1 Å². The summed E-state index contributed by atoms with van der Waals surface area (Å²) in [5.41, 5.74) is 1.97. The summed E-state index contributed by atoms with van der Waals surface area (Å²) in [4.78, 5) is 19.6. The lowest BCUT2D eigenvalue weighted by molar-refractivity contribution is -0.385. The van der Waals surface area contributed by atoms with Crippen molar-refractivity contribution in [1.29, 1.82) is 0 Å². The Labute approximate surface area is 159 Å². The molecule has 7 heteroatoms. The largest absolute Gasteiger partial charge is 0.417 e. The van der Waals surface area contributed by atoms with Gasteiger partial charge in [-0.25, -0.2) is 0 Å². The molecule has 0 unspecified atom stereocenters. The van der Waals surface area contributed by atoms with E-state index in [9.17, 15) is 10.1 Å². The zero-order chi connectivity index (χ0) is 18.8. The van der Waals surface area contributed by atoms with Crippen molar-refractivity contribution < 1.29 is 9.66 Å². The van der Waals surface area contributed by atoms with Gasteiger partial charge < -0.3 is 4.74 Å². The Bertz CT molecular complexity index is 1150. The van der Waals surface area contributed by atoms with Gasteiger partial charge in [-0.15, -0.1) is 0 Å². The molecule has 4 aromatic rings. The molecular weight excluding hydrogens is 366 g/mol. The summed E-state index contributed by atoms with van der Waals surface area (Å²) in [7, 11) is 0. The Morgan fingerprint density at radius 3 is 2.44 bits per heavy atom. The molecule has 0 aliphatic carbocycles. The van der Waals surface area contributed by atoms with Crippen LogP contribution in [0.2, 0.25) is 5.02 Å². The molecule has 0 spiro atoms. The van der Waals surface area contributed by atoms with Gasteiger partial charge in [-0.3, -0.25) is 10.1 Å². The van der Waals surface area contributed by atoms with Crippen LogP contribution in [-0.4, -0.2) is 14.9 Å². The van der Waals surface area contributed by atoms with Crippen LogP contribution in [-0.2, 0) is 0 Å². The zero-order valence-electron chi connectivity index (χ0n) is 13.9. The number of para-hydroxylation sites is 2. The monoisotopic (exact) mass is 377 g/mol. The number of nitro groups is 1. The molecule has 132 valence electrons. The highest BCUT2D eigenvalue weighted by molar-refractivity contribution is 6.31. The highest BCUT2D eigenvalue weighted by Gasteiger charge is 2.17. The summed E-state index contributed by atoms with van der Waals surface area (Å²) < 4.78 is 5.67. The van der Waals surface area contributed by atoms with Crippen LogP contribution in [0.5, 0.6) is 11.8 Å². The number of nitro benzene ring substituents is 1. The molecule has 0 atom stereocenters. The highest BCUT2D eigenvalue weighted by Crippen LogP contribution is 2.33. The fraction of sp³-hybridized carbons (Fsp3) is 0. The Kier molecular flexibility index (Phi) is 4.40. The predicted octanol–water partition coefficient (Wildman–Crippen LogP) is 5.65. The Hall–Kier alpha value is -3.51. The molecule has 0 bridgehead atoms. The van der Waals surface area contributed by atoms with E-state index in [1.807, 2.05) is 30.3 Å². The van der Waals surface area contributed by atoms with Crippen LogP contribution in [0.1, 0.15) is 0 Å². The van der Waals surface area contributed by atoms with Crippen molar-refractivity contribution in [2.45, 2.75) is 0 Å². The number of hydrogen-bond acceptors (Lipinski definition) is 5. The maximum absolute atomic E-state index is 11.2. The molecular formula is C20H12ClN3O3. The van der Waals surface area contributed by atoms with Gasteiger partial charge in [0.1, 0.15) is 0 Å². The van der Waals surface area contributed by atoms with E-state index in [0.717, 1.165) is 10.9 Å². The van der Waals surface area contributed by atoms with Gasteiger partial charge >= 0.3 is 11.7 Å². The van der Waals surface area contributed by atoms with Crippen LogP contribution in [0.15, 0.2) is 72.8 Å². The van der Waals surface area contributed by atoms with E-state index >= 15 is 0 Å². The van der Waals surface area contributed by atoms with Gasteiger partial charge in [0.25, 0.3) is 0 Å². The van der Waals surface area contributed by atoms with Crippen molar-refractivity contribution in [1.82, 2.24) is 9.97 Å². The lowest BCUT2D eigenvalue weighted by atomic mass is 10.1. The quantitative estimate of drug-likeness (QED) is 0.339. The molecule has 3 aromatic carbocycles. The second-order valence-corrected chi connectivity index (χ2v) is 6.15. The average Bonchev–Trinajstić information content (AvgIpc) is 2.68. The fourth-order valence-electron chi connectivity index (χ4n) is 2.73. The number of ether oxygens (including phenoxy) is 1. The number of aromatic nitrogens is 2. The van der Waals surface area contributed by atoms with Crippen LogP contribution in [0.3, 0.4) is 0 Å². The van der Waals surface area contributed by atoms with Gasteiger partial charge in [0, 0.05) is 22.0 Å². The first-order valence-electron chi connectivity index (χ1n) is 8.06. The maximum Gasteiger partial charge on any atom is 0.323 e. The summed E-state index contributed by atoms with van der Waals surface area (Å²) in [6, 6.07) is 20.9. The molecule has 6 nitrogen and oxygen atoms in total. The SMILES string of the molecule is O=[N+]([O-])c1ccccc1Oc1nc(-c2ccccc2)c2cc(Cl)ccc2n1. The number of benzene rings is 3. The van der Waals surface area contributed by atoms with Gasteiger partial charge in [0.15, 0.2) is 0 Å². The molecule has 0 aliphatic heterocycles. The van der Waals surface area contributed by atoms with Crippen molar-refractivity contribution in [3.8, 4) is 23.0 Å². The second kappa shape index (κ2) is 7.01. The lowest BCUT2D eigenvalue weighted by Crippen LogP contribution is -1.98. The van der Waals surface area contributed by atoms with Crippen molar-refractivity contribution in [3.05, 3.63) is 87.9 Å². The molecule has 0 radical (unpaired) electrons. The maximum atomic E-state index is 11.2. The summed E-state index contributed by atoms with van der Waals surface area (Å²) in [6.45, 7) is 0. The van der Waals surface area contributed by atoms with E-state index < -0.39 is 4.92 Å². The minimum atomic E-state index is -0.506. The molecule has 4 rings (SSSR count). The molecule has 0 saturated carbocycles. The third kappa shape index (κ3) is 3.43. The normalized spacial score (nSPS) is 10.7. The fourth-order valence-corrected chi connectivity index (χ4v) is 2.91. The highest BCUT2D eigenvalue weighted by atomic mass is 35.5. The van der Waals surface area contributed by atoms with Crippen LogP contribution in [0.25, 0.3) is 22.2 Å². The molecule has 0 fully saturated rings. The van der Waals surface area contributed by atoms with E-state index in [1.165, 1.54) is 12.1 Å². The lowest BCUT2D eigenvalue weighted by Gasteiger charge is -2.10. The minimum absolute atomic E-state index is 0.0259. The van der Waals surface area contributed by atoms with E-state index in [2.05, 4.69) is 9.97 Å². The van der Waals surface area contributed by atoms with E-state index in [-0.39, 0.29) is 17.4 Å². The summed E-state index contributed by atoms with van der Waals surface area (Å²) in [5.74, 6) is 0.0785. The molecule has 0 amide bonds. The van der Waals surface area contributed by atoms with Crippen molar-refractivity contribution >= 4 is 28.2 Å². The average molecular weight is 378 g/mol. The van der Waals surface area contributed by atoms with Gasteiger partial charge in [0.05, 0.1) is 16.1 Å². The minimum Gasteiger partial charge on any atom is -0.417 e. The van der Waals surface area contributed by atoms with E-state index in [4.69, 9.17) is 16.3 Å². The molecule has 1 aromatic heterocycles. The Morgan fingerprint density at radius 1 is 0.926 bits per heavy atom. The van der Waals surface area contributed by atoms with E-state index in [0.29, 0.717) is 16.2 Å². The van der Waals surface area contributed by atoms with Crippen molar-refractivity contribution in [2.75, 3.05) is 0 Å². The predicted molar refractivity (Wildman–Crippen MR) is 103 cm³/mol. The van der Waals surface area contributed by atoms with Crippen molar-refractivity contribution in [2.24, 2.45) is 0 Å². The summed E-state index contributed by atoms with van der Waals surface area (Å²) in [6.07, 6.45) is 0. The molecule has 0 N–H and O–H groups in total. The Balaban J connectivity index is 1.88. The van der Waals surface area contributed by atoms with Gasteiger partial charge in [-0.05, 0) is 24.3 Å². The molecule has 27 heavy (non-hydrogen) atoms. The summed E-state index contributed by atoms with van der Waals surface area (Å²) in [5, 5.41) is 12.6. The third-order valence-electron chi connectivity index (χ3n) is 3.95. The van der Waals surface area contributed by atoms with Crippen molar-refractivity contribution in [3.63, 3.8) is 0 Å². The molecule has 0 saturated heterocycles. The second-order valence-electron chi connectivity index (χ2n) is 5.71. The number of hydrogen-bond donors (Lipinski definition) is 0. The summed E-state index contributed by atoms with van der Waals surface area (Å²) >= 11 is 6.14. The third-order valence-corrected chi connectivity index (χ3v) is 4.18. The topological polar surface area (TPSA) is 78.2 Å². The van der Waals surface area contributed by atoms with Gasteiger partial charge in [0.2, 0.25) is 5.75 Å². The number of fused-ring (bicyclic) bond motifs is 1. The first kappa shape index (κ1) is 16.9. The van der Waals surface area contributed by atoms with Crippen LogP contribution < -0.4 is 4.74 Å². The smallest absolute Gasteiger partial charge is 0.323 e. The molecule has 0 aliphatic rings.